The van der Waals surface area contributed by atoms with Crippen LogP contribution in [0.15, 0.2) is 11.4 Å². The molecule has 0 bridgehead atoms. The molecule has 2 aromatic heterocycles. The summed E-state index contributed by atoms with van der Waals surface area (Å²) in [4.78, 5) is 24.3. The van der Waals surface area contributed by atoms with Crippen LogP contribution in [0.4, 0.5) is 5.95 Å². The number of nitrogens with two attached hydrogens (primary N) is 1. The summed E-state index contributed by atoms with van der Waals surface area (Å²) < 4.78 is 0. The highest BCUT2D eigenvalue weighted by Crippen LogP contribution is 2.24. The molecule has 2 heterocycles. The molecule has 0 spiro atoms. The maximum absolute atomic E-state index is 12.8. The van der Waals surface area contributed by atoms with Crippen LogP contribution in [-0.2, 0) is 19.4 Å². The van der Waals surface area contributed by atoms with Gasteiger partial charge in [-0.25, -0.2) is 9.97 Å². The van der Waals surface area contributed by atoms with E-state index in [1.165, 1.54) is 10.4 Å². The number of aromatic nitrogens is 2. The number of amides is 1. The van der Waals surface area contributed by atoms with Gasteiger partial charge in [-0.1, -0.05) is 0 Å². The molecule has 0 fully saturated rings. The normalized spacial score (nSPS) is 13.7. The van der Waals surface area contributed by atoms with E-state index in [9.17, 15) is 4.79 Å². The van der Waals surface area contributed by atoms with E-state index in [2.05, 4.69) is 23.0 Å². The van der Waals surface area contributed by atoms with Gasteiger partial charge in [0.1, 0.15) is 5.69 Å². The average molecular weight is 316 g/mol. The summed E-state index contributed by atoms with van der Waals surface area (Å²) in [5.74, 6) is 0.129. The zero-order chi connectivity index (χ0) is 15.7. The number of nitrogen functional groups attached to an aromatic ring is 1. The molecule has 1 amide bonds. The van der Waals surface area contributed by atoms with Crippen molar-refractivity contribution < 1.29 is 4.79 Å². The van der Waals surface area contributed by atoms with Crippen molar-refractivity contribution in [3.05, 3.63) is 38.8 Å². The van der Waals surface area contributed by atoms with Crippen LogP contribution in [0.25, 0.3) is 0 Å². The Hall–Kier alpha value is -1.95. The van der Waals surface area contributed by atoms with Crippen molar-refractivity contribution in [2.45, 2.75) is 39.2 Å². The first-order valence-electron chi connectivity index (χ1n) is 7.50. The molecule has 0 saturated carbocycles. The zero-order valence-electron chi connectivity index (χ0n) is 12.9. The Bertz CT molecular complexity index is 710. The molecule has 0 saturated heterocycles. The van der Waals surface area contributed by atoms with Gasteiger partial charge in [0.2, 0.25) is 5.95 Å². The average Bonchev–Trinajstić information content (AvgIpc) is 2.90. The second-order valence-electron chi connectivity index (χ2n) is 5.75. The quantitative estimate of drug-likeness (QED) is 0.944. The van der Waals surface area contributed by atoms with Gasteiger partial charge in [-0.15, -0.1) is 11.3 Å². The van der Waals surface area contributed by atoms with Gasteiger partial charge in [-0.2, -0.15) is 0 Å². The molecule has 1 aliphatic rings. The molecule has 2 aromatic rings. The largest absolute Gasteiger partial charge is 0.368 e. The van der Waals surface area contributed by atoms with Crippen LogP contribution in [0.1, 0.15) is 45.0 Å². The number of anilines is 1. The molecule has 3 rings (SSSR count). The lowest BCUT2D eigenvalue weighted by atomic mass is 9.94. The van der Waals surface area contributed by atoms with Crippen LogP contribution in [0.5, 0.6) is 0 Å². The van der Waals surface area contributed by atoms with E-state index in [4.69, 9.17) is 5.73 Å². The Morgan fingerprint density at radius 3 is 2.86 bits per heavy atom. The first-order chi connectivity index (χ1) is 10.6. The lowest BCUT2D eigenvalue weighted by Gasteiger charge is -2.21. The van der Waals surface area contributed by atoms with Gasteiger partial charge in [-0.05, 0) is 49.6 Å². The summed E-state index contributed by atoms with van der Waals surface area (Å²) in [6.45, 7) is 2.66. The minimum Gasteiger partial charge on any atom is -0.368 e. The maximum Gasteiger partial charge on any atom is 0.273 e. The van der Waals surface area contributed by atoms with Crippen molar-refractivity contribution >= 4 is 23.2 Å². The molecular weight excluding hydrogens is 296 g/mol. The summed E-state index contributed by atoms with van der Waals surface area (Å²) in [5.41, 5.74) is 9.42. The Labute approximate surface area is 134 Å². The van der Waals surface area contributed by atoms with Gasteiger partial charge in [0.05, 0.1) is 6.54 Å². The van der Waals surface area contributed by atoms with Crippen molar-refractivity contribution in [2.75, 3.05) is 12.8 Å². The molecule has 0 radical (unpaired) electrons. The summed E-state index contributed by atoms with van der Waals surface area (Å²) in [6, 6.07) is 2.07. The Kier molecular flexibility index (Phi) is 4.11. The Morgan fingerprint density at radius 2 is 2.14 bits per heavy atom. The van der Waals surface area contributed by atoms with E-state index in [-0.39, 0.29) is 11.9 Å². The van der Waals surface area contributed by atoms with E-state index in [0.29, 0.717) is 12.2 Å². The van der Waals surface area contributed by atoms with Gasteiger partial charge < -0.3 is 10.6 Å². The fourth-order valence-corrected chi connectivity index (χ4v) is 3.78. The Balaban J connectivity index is 1.88. The van der Waals surface area contributed by atoms with E-state index in [1.807, 2.05) is 12.4 Å². The van der Waals surface area contributed by atoms with Crippen molar-refractivity contribution in [2.24, 2.45) is 0 Å². The van der Waals surface area contributed by atoms with Crippen LogP contribution >= 0.6 is 11.3 Å². The third kappa shape index (κ3) is 2.83. The maximum atomic E-state index is 12.8. The molecule has 0 atom stereocenters. The fourth-order valence-electron chi connectivity index (χ4n) is 2.82. The van der Waals surface area contributed by atoms with E-state index >= 15 is 0 Å². The number of fused-ring (bicyclic) bond motifs is 1. The lowest BCUT2D eigenvalue weighted by Crippen LogP contribution is -2.29. The highest BCUT2D eigenvalue weighted by atomic mass is 32.1. The molecule has 116 valence electrons. The van der Waals surface area contributed by atoms with Crippen LogP contribution in [0.2, 0.25) is 0 Å². The van der Waals surface area contributed by atoms with Gasteiger partial charge in [0.15, 0.2) is 0 Å². The highest BCUT2D eigenvalue weighted by Gasteiger charge is 2.24. The van der Waals surface area contributed by atoms with Gasteiger partial charge in [0, 0.05) is 23.2 Å². The number of thiophene rings is 1. The number of hydrogen-bond acceptors (Lipinski definition) is 5. The summed E-state index contributed by atoms with van der Waals surface area (Å²) in [5, 5.41) is 2.05. The van der Waals surface area contributed by atoms with Crippen molar-refractivity contribution in [3.8, 4) is 0 Å². The van der Waals surface area contributed by atoms with Gasteiger partial charge >= 0.3 is 0 Å². The molecule has 2 N–H and O–H groups in total. The molecule has 0 aromatic carbocycles. The minimum atomic E-state index is -0.0694. The van der Waals surface area contributed by atoms with Crippen molar-refractivity contribution in [1.29, 1.82) is 0 Å². The first-order valence-corrected chi connectivity index (χ1v) is 8.38. The molecule has 0 aliphatic heterocycles. The third-order valence-corrected chi connectivity index (χ3v) is 5.11. The van der Waals surface area contributed by atoms with E-state index in [0.717, 1.165) is 36.9 Å². The highest BCUT2D eigenvalue weighted by molar-refractivity contribution is 7.10. The second kappa shape index (κ2) is 6.04. The standard InChI is InChI=1S/C16H20N4OS/c1-10-7-8-22-13(10)9-20(2)15(21)14-11-5-3-4-6-12(11)18-16(17)19-14/h7-8H,3-6,9H2,1-2H3,(H2,17,18,19). The minimum absolute atomic E-state index is 0.0694. The molecule has 22 heavy (non-hydrogen) atoms. The smallest absolute Gasteiger partial charge is 0.273 e. The fraction of sp³-hybridized carbons (Fsp3) is 0.438. The number of aryl methyl sites for hydroxylation is 2. The van der Waals surface area contributed by atoms with Gasteiger partial charge in [-0.3, -0.25) is 4.79 Å². The SMILES string of the molecule is Cc1ccsc1CN(C)C(=O)c1nc(N)nc2c1CCCC2. The van der Waals surface area contributed by atoms with Crippen LogP contribution in [0, 0.1) is 6.92 Å². The van der Waals surface area contributed by atoms with Crippen molar-refractivity contribution in [3.63, 3.8) is 0 Å². The molecule has 1 aliphatic carbocycles. The number of hydrogen-bond donors (Lipinski definition) is 1. The summed E-state index contributed by atoms with van der Waals surface area (Å²) in [7, 11) is 1.81. The number of carbonyl (C=O) groups is 1. The summed E-state index contributed by atoms with van der Waals surface area (Å²) in [6.07, 6.45) is 3.92. The lowest BCUT2D eigenvalue weighted by molar-refractivity contribution is 0.0778. The van der Waals surface area contributed by atoms with Crippen molar-refractivity contribution in [1.82, 2.24) is 14.9 Å². The molecule has 6 heteroatoms. The first kappa shape index (κ1) is 15.0. The topological polar surface area (TPSA) is 72.1 Å². The third-order valence-electron chi connectivity index (χ3n) is 4.10. The molecule has 0 unspecified atom stereocenters. The number of nitrogens with zero attached hydrogens (tertiary/aromatic N) is 3. The van der Waals surface area contributed by atoms with Crippen LogP contribution in [0.3, 0.4) is 0 Å². The zero-order valence-corrected chi connectivity index (χ0v) is 13.7. The van der Waals surface area contributed by atoms with E-state index < -0.39 is 0 Å². The number of carbonyl (C=O) groups excluding carboxylic acids is 1. The summed E-state index contributed by atoms with van der Waals surface area (Å²) >= 11 is 1.67. The van der Waals surface area contributed by atoms with E-state index in [1.54, 1.807) is 16.2 Å². The Morgan fingerprint density at radius 1 is 1.36 bits per heavy atom. The number of rotatable bonds is 3. The molecular formula is C16H20N4OS. The second-order valence-corrected chi connectivity index (χ2v) is 6.75. The predicted octanol–water partition coefficient (Wildman–Crippen LogP) is 2.58. The van der Waals surface area contributed by atoms with Crippen LogP contribution in [-0.4, -0.2) is 27.8 Å². The van der Waals surface area contributed by atoms with Crippen LogP contribution < -0.4 is 5.73 Å². The van der Waals surface area contributed by atoms with Gasteiger partial charge in [0.25, 0.3) is 5.91 Å². The monoisotopic (exact) mass is 316 g/mol. The molecule has 5 nitrogen and oxygen atoms in total. The predicted molar refractivity (Wildman–Crippen MR) is 87.9 cm³/mol.